The molecule has 0 aliphatic carbocycles. The Morgan fingerprint density at radius 2 is 2.32 bits per heavy atom. The lowest BCUT2D eigenvalue weighted by Gasteiger charge is -2.12. The van der Waals surface area contributed by atoms with Crippen molar-refractivity contribution in [3.63, 3.8) is 0 Å². The summed E-state index contributed by atoms with van der Waals surface area (Å²) in [6.45, 7) is 2.41. The van der Waals surface area contributed by atoms with Gasteiger partial charge >= 0.3 is 0 Å². The van der Waals surface area contributed by atoms with Crippen LogP contribution < -0.4 is 5.32 Å². The van der Waals surface area contributed by atoms with Crippen LogP contribution in [0.25, 0.3) is 11.4 Å². The predicted molar refractivity (Wildman–Crippen MR) is 81.8 cm³/mol. The molecule has 7 heteroatoms. The van der Waals surface area contributed by atoms with Crippen LogP contribution in [0.15, 0.2) is 49.1 Å². The number of rotatable bonds is 5. The minimum Gasteiger partial charge on any atom is -0.326 e. The number of anilines is 1. The van der Waals surface area contributed by atoms with Crippen molar-refractivity contribution in [2.24, 2.45) is 5.92 Å². The van der Waals surface area contributed by atoms with Crippen molar-refractivity contribution in [3.05, 3.63) is 49.1 Å². The molecule has 112 valence electrons. The van der Waals surface area contributed by atoms with Crippen LogP contribution >= 0.6 is 0 Å². The van der Waals surface area contributed by atoms with Gasteiger partial charge in [0.05, 0.1) is 12.5 Å². The number of hydrogen-bond donors (Lipinski definition) is 2. The average Bonchev–Trinajstić information content (AvgIpc) is 3.21. The van der Waals surface area contributed by atoms with Crippen molar-refractivity contribution in [3.8, 4) is 11.4 Å². The van der Waals surface area contributed by atoms with E-state index in [1.54, 1.807) is 10.9 Å². The molecule has 3 rings (SSSR count). The van der Waals surface area contributed by atoms with Gasteiger partial charge in [-0.25, -0.2) is 4.98 Å². The first-order valence-electron chi connectivity index (χ1n) is 6.96. The Labute approximate surface area is 127 Å². The van der Waals surface area contributed by atoms with E-state index in [1.807, 2.05) is 43.5 Å². The molecule has 22 heavy (non-hydrogen) atoms. The summed E-state index contributed by atoms with van der Waals surface area (Å²) in [5.41, 5.74) is 1.60. The quantitative estimate of drug-likeness (QED) is 0.753. The van der Waals surface area contributed by atoms with Crippen LogP contribution in [-0.4, -0.2) is 30.9 Å². The number of aromatic amines is 1. The zero-order chi connectivity index (χ0) is 15.4. The molecular formula is C15H16N6O. The van der Waals surface area contributed by atoms with E-state index in [2.05, 4.69) is 25.6 Å². The molecule has 1 amide bonds. The van der Waals surface area contributed by atoms with E-state index in [-0.39, 0.29) is 11.8 Å². The third-order valence-corrected chi connectivity index (χ3v) is 3.29. The third-order valence-electron chi connectivity index (χ3n) is 3.29. The first kappa shape index (κ1) is 14.0. The van der Waals surface area contributed by atoms with Gasteiger partial charge in [-0.1, -0.05) is 19.1 Å². The van der Waals surface area contributed by atoms with Gasteiger partial charge in [-0.05, 0) is 18.2 Å². The molecule has 0 unspecified atom stereocenters. The Hall–Kier alpha value is -2.96. The number of aromatic nitrogens is 5. The zero-order valence-corrected chi connectivity index (χ0v) is 12.1. The topological polar surface area (TPSA) is 88.5 Å². The summed E-state index contributed by atoms with van der Waals surface area (Å²) in [5.74, 6) is 0.430. The van der Waals surface area contributed by atoms with Crippen molar-refractivity contribution in [2.75, 3.05) is 5.32 Å². The third kappa shape index (κ3) is 3.20. The van der Waals surface area contributed by atoms with Gasteiger partial charge in [-0.3, -0.25) is 14.6 Å². The van der Waals surface area contributed by atoms with Crippen molar-refractivity contribution in [1.29, 1.82) is 0 Å². The Morgan fingerprint density at radius 3 is 3.05 bits per heavy atom. The summed E-state index contributed by atoms with van der Waals surface area (Å²) in [6, 6.07) is 9.32. The molecule has 0 saturated carbocycles. The minimum atomic E-state index is -0.186. The molecular weight excluding hydrogens is 280 g/mol. The van der Waals surface area contributed by atoms with Crippen LogP contribution in [0.5, 0.6) is 0 Å². The number of carbonyl (C=O) groups excluding carboxylic acids is 1. The van der Waals surface area contributed by atoms with E-state index in [0.717, 1.165) is 11.3 Å². The molecule has 0 radical (unpaired) electrons. The Kier molecular flexibility index (Phi) is 3.95. The molecule has 0 saturated heterocycles. The maximum Gasteiger partial charge on any atom is 0.229 e. The van der Waals surface area contributed by atoms with Gasteiger partial charge in [0.15, 0.2) is 5.82 Å². The maximum absolute atomic E-state index is 12.2. The molecule has 3 aromatic rings. The van der Waals surface area contributed by atoms with Gasteiger partial charge in [-0.2, -0.15) is 10.2 Å². The van der Waals surface area contributed by atoms with Gasteiger partial charge in [0.1, 0.15) is 6.33 Å². The second-order valence-corrected chi connectivity index (χ2v) is 5.03. The number of hydrogen-bond acceptors (Lipinski definition) is 4. The fourth-order valence-electron chi connectivity index (χ4n) is 2.13. The lowest BCUT2D eigenvalue weighted by Crippen LogP contribution is -2.24. The van der Waals surface area contributed by atoms with Crippen molar-refractivity contribution >= 4 is 11.6 Å². The monoisotopic (exact) mass is 296 g/mol. The number of carbonyl (C=O) groups is 1. The smallest absolute Gasteiger partial charge is 0.229 e. The van der Waals surface area contributed by atoms with Crippen LogP contribution in [0.3, 0.4) is 0 Å². The largest absolute Gasteiger partial charge is 0.326 e. The highest BCUT2D eigenvalue weighted by Gasteiger charge is 2.14. The molecule has 0 spiro atoms. The molecule has 7 nitrogen and oxygen atoms in total. The van der Waals surface area contributed by atoms with Crippen molar-refractivity contribution in [1.82, 2.24) is 25.0 Å². The Bertz CT molecular complexity index is 735. The first-order chi connectivity index (χ1) is 10.7. The standard InChI is InChI=1S/C15H16N6O/c1-11(9-21-7-3-6-18-21)15(22)19-13-5-2-4-12(8-13)14-16-10-17-20-14/h2-8,10-11H,9H2,1H3,(H,19,22)(H,16,17,20)/t11-/m0/s1. The fraction of sp³-hybridized carbons (Fsp3) is 0.200. The van der Waals surface area contributed by atoms with Crippen molar-refractivity contribution in [2.45, 2.75) is 13.5 Å². The molecule has 2 heterocycles. The van der Waals surface area contributed by atoms with Crippen LogP contribution in [-0.2, 0) is 11.3 Å². The summed E-state index contributed by atoms with van der Waals surface area (Å²) < 4.78 is 1.75. The van der Waals surface area contributed by atoms with E-state index in [0.29, 0.717) is 12.4 Å². The van der Waals surface area contributed by atoms with Gasteiger partial charge in [0, 0.05) is 23.6 Å². The summed E-state index contributed by atoms with van der Waals surface area (Å²) in [6.07, 6.45) is 4.99. The molecule has 0 aliphatic rings. The summed E-state index contributed by atoms with van der Waals surface area (Å²) >= 11 is 0. The Morgan fingerprint density at radius 1 is 1.41 bits per heavy atom. The summed E-state index contributed by atoms with van der Waals surface area (Å²) in [7, 11) is 0. The molecule has 0 aliphatic heterocycles. The normalized spacial score (nSPS) is 12.0. The van der Waals surface area contributed by atoms with Crippen molar-refractivity contribution < 1.29 is 4.79 Å². The highest BCUT2D eigenvalue weighted by atomic mass is 16.1. The highest BCUT2D eigenvalue weighted by Crippen LogP contribution is 2.19. The van der Waals surface area contributed by atoms with Crippen LogP contribution in [0.1, 0.15) is 6.92 Å². The number of H-pyrrole nitrogens is 1. The summed E-state index contributed by atoms with van der Waals surface area (Å²) in [5, 5.41) is 13.7. The average molecular weight is 296 g/mol. The lowest BCUT2D eigenvalue weighted by atomic mass is 10.1. The zero-order valence-electron chi connectivity index (χ0n) is 12.1. The first-order valence-corrected chi connectivity index (χ1v) is 6.96. The molecule has 1 atom stereocenters. The van der Waals surface area contributed by atoms with E-state index in [4.69, 9.17) is 0 Å². The predicted octanol–water partition coefficient (Wildman–Crippen LogP) is 1.94. The molecule has 2 N–H and O–H groups in total. The molecule has 0 fully saturated rings. The van der Waals surface area contributed by atoms with Gasteiger partial charge in [0.25, 0.3) is 0 Å². The van der Waals surface area contributed by atoms with E-state index in [9.17, 15) is 4.79 Å². The molecule has 2 aromatic heterocycles. The SMILES string of the molecule is C[C@@H](Cn1cccn1)C(=O)Nc1cccc(-c2ncn[nH]2)c1. The van der Waals surface area contributed by atoms with E-state index >= 15 is 0 Å². The highest BCUT2D eigenvalue weighted by molar-refractivity contribution is 5.92. The lowest BCUT2D eigenvalue weighted by molar-refractivity contribution is -0.119. The van der Waals surface area contributed by atoms with Gasteiger partial charge in [0.2, 0.25) is 5.91 Å². The van der Waals surface area contributed by atoms with E-state index in [1.165, 1.54) is 6.33 Å². The number of benzene rings is 1. The number of amides is 1. The van der Waals surface area contributed by atoms with Crippen LogP contribution in [0.4, 0.5) is 5.69 Å². The minimum absolute atomic E-state index is 0.0507. The number of nitrogens with one attached hydrogen (secondary N) is 2. The second kappa shape index (κ2) is 6.21. The molecule has 0 bridgehead atoms. The maximum atomic E-state index is 12.2. The van der Waals surface area contributed by atoms with Crippen LogP contribution in [0.2, 0.25) is 0 Å². The summed E-state index contributed by atoms with van der Waals surface area (Å²) in [4.78, 5) is 16.3. The van der Waals surface area contributed by atoms with Gasteiger partial charge < -0.3 is 5.32 Å². The second-order valence-electron chi connectivity index (χ2n) is 5.03. The van der Waals surface area contributed by atoms with Crippen LogP contribution in [0, 0.1) is 5.92 Å². The fourth-order valence-corrected chi connectivity index (χ4v) is 2.13. The number of nitrogens with zero attached hydrogens (tertiary/aromatic N) is 4. The molecule has 1 aromatic carbocycles. The Balaban J connectivity index is 1.67. The van der Waals surface area contributed by atoms with E-state index < -0.39 is 0 Å². The van der Waals surface area contributed by atoms with Gasteiger partial charge in [-0.15, -0.1) is 0 Å².